The van der Waals surface area contributed by atoms with Crippen LogP contribution >= 0.6 is 11.8 Å². The second kappa shape index (κ2) is 8.83. The number of nitrogens with zero attached hydrogens (tertiary/aromatic N) is 5. The van der Waals surface area contributed by atoms with Gasteiger partial charge >= 0.3 is 6.18 Å². The van der Waals surface area contributed by atoms with Crippen molar-refractivity contribution in [1.82, 2.24) is 20.2 Å². The smallest absolute Gasteiger partial charge is 0.370 e. The molecule has 0 atom stereocenters. The molecule has 7 nitrogen and oxygen atoms in total. The van der Waals surface area contributed by atoms with Crippen LogP contribution in [0.25, 0.3) is 0 Å². The van der Waals surface area contributed by atoms with Gasteiger partial charge in [0, 0.05) is 13.1 Å². The zero-order chi connectivity index (χ0) is 21.1. The van der Waals surface area contributed by atoms with Crippen molar-refractivity contribution < 1.29 is 18.0 Å². The average molecular weight is 440 g/mol. The number of thioether (sulfide) groups is 1. The van der Waals surface area contributed by atoms with Crippen LogP contribution in [-0.2, 0) is 11.0 Å². The molecule has 0 spiro atoms. The molecule has 1 aliphatic carbocycles. The van der Waals surface area contributed by atoms with Gasteiger partial charge in [-0.05, 0) is 54.3 Å². The highest BCUT2D eigenvalue weighted by atomic mass is 32.2. The lowest BCUT2D eigenvalue weighted by atomic mass is 10.1. The molecule has 2 aromatic rings. The third kappa shape index (κ3) is 4.71. The number of amides is 1. The van der Waals surface area contributed by atoms with Crippen molar-refractivity contribution in [3.8, 4) is 0 Å². The zero-order valence-corrected chi connectivity index (χ0v) is 17.2. The molecule has 1 aliphatic heterocycles. The SMILES string of the molecule is O=C(CSc1nnnn1C1CCCC1)Nc1cc(C(F)(F)F)ccc1N1CCCC1. The van der Waals surface area contributed by atoms with Crippen LogP contribution in [-0.4, -0.2) is 45.0 Å². The number of hydrogen-bond donors (Lipinski definition) is 1. The summed E-state index contributed by atoms with van der Waals surface area (Å²) in [6, 6.07) is 3.76. The minimum Gasteiger partial charge on any atom is -0.370 e. The minimum atomic E-state index is -4.47. The van der Waals surface area contributed by atoms with Gasteiger partial charge in [-0.2, -0.15) is 13.2 Å². The lowest BCUT2D eigenvalue weighted by Gasteiger charge is -2.23. The molecule has 2 fully saturated rings. The second-order valence-electron chi connectivity index (χ2n) is 7.61. The summed E-state index contributed by atoms with van der Waals surface area (Å²) in [5.74, 6) is -0.372. The first-order chi connectivity index (χ1) is 14.4. The van der Waals surface area contributed by atoms with Crippen molar-refractivity contribution in [1.29, 1.82) is 0 Å². The maximum Gasteiger partial charge on any atom is 0.416 e. The molecule has 2 heterocycles. The summed E-state index contributed by atoms with van der Waals surface area (Å²) in [6.07, 6.45) is 1.76. The Morgan fingerprint density at radius 1 is 1.17 bits per heavy atom. The number of benzene rings is 1. The largest absolute Gasteiger partial charge is 0.416 e. The van der Waals surface area contributed by atoms with Crippen LogP contribution in [0.3, 0.4) is 0 Å². The van der Waals surface area contributed by atoms with E-state index in [-0.39, 0.29) is 23.4 Å². The number of tetrazole rings is 1. The van der Waals surface area contributed by atoms with Gasteiger partial charge in [-0.1, -0.05) is 24.6 Å². The molecule has 1 saturated heterocycles. The average Bonchev–Trinajstić information content (AvgIpc) is 3.47. The third-order valence-corrected chi connectivity index (χ3v) is 6.44. The van der Waals surface area contributed by atoms with E-state index in [1.54, 1.807) is 4.68 Å². The van der Waals surface area contributed by atoms with Crippen LogP contribution in [0.4, 0.5) is 24.5 Å². The van der Waals surface area contributed by atoms with Crippen molar-refractivity contribution in [2.75, 3.05) is 29.1 Å². The maximum atomic E-state index is 13.2. The number of aromatic nitrogens is 4. The molecule has 0 unspecified atom stereocenters. The van der Waals surface area contributed by atoms with Crippen LogP contribution in [0.5, 0.6) is 0 Å². The van der Waals surface area contributed by atoms with Gasteiger partial charge in [0.05, 0.1) is 28.7 Å². The first-order valence-corrected chi connectivity index (χ1v) is 11.1. The predicted octanol–water partition coefficient (Wildman–Crippen LogP) is 4.14. The minimum absolute atomic E-state index is 0.0166. The number of nitrogens with one attached hydrogen (secondary N) is 1. The molecule has 162 valence electrons. The van der Waals surface area contributed by atoms with Gasteiger partial charge in [0.1, 0.15) is 0 Å². The summed E-state index contributed by atoms with van der Waals surface area (Å²) in [7, 11) is 0. The lowest BCUT2D eigenvalue weighted by molar-refractivity contribution is -0.137. The van der Waals surface area contributed by atoms with Gasteiger partial charge in [0.25, 0.3) is 0 Å². The van der Waals surface area contributed by atoms with Crippen LogP contribution in [0.15, 0.2) is 23.4 Å². The fourth-order valence-corrected chi connectivity index (χ4v) is 4.77. The molecule has 30 heavy (non-hydrogen) atoms. The molecule has 11 heteroatoms. The lowest BCUT2D eigenvalue weighted by Crippen LogP contribution is -2.22. The summed E-state index contributed by atoms with van der Waals surface area (Å²) >= 11 is 1.19. The molecule has 0 bridgehead atoms. The molecule has 1 saturated carbocycles. The van der Waals surface area contributed by atoms with Crippen molar-refractivity contribution in [2.45, 2.75) is 55.9 Å². The summed E-state index contributed by atoms with van der Waals surface area (Å²) < 4.78 is 41.3. The molecule has 1 aromatic heterocycles. The fourth-order valence-electron chi connectivity index (χ4n) is 4.02. The van der Waals surface area contributed by atoms with E-state index in [0.717, 1.165) is 63.7 Å². The number of halogens is 3. The van der Waals surface area contributed by atoms with Gasteiger partial charge in [-0.15, -0.1) is 5.10 Å². The summed E-state index contributed by atoms with van der Waals surface area (Å²) in [4.78, 5) is 14.6. The molecule has 2 aliphatic rings. The molecule has 1 amide bonds. The number of alkyl halides is 3. The first-order valence-electron chi connectivity index (χ1n) is 10.1. The van der Waals surface area contributed by atoms with Crippen LogP contribution in [0.2, 0.25) is 0 Å². The van der Waals surface area contributed by atoms with Crippen LogP contribution in [0, 0.1) is 0 Å². The van der Waals surface area contributed by atoms with Crippen LogP contribution < -0.4 is 10.2 Å². The Balaban J connectivity index is 1.46. The van der Waals surface area contributed by atoms with Crippen molar-refractivity contribution >= 4 is 29.0 Å². The normalized spacial score (nSPS) is 17.6. The Morgan fingerprint density at radius 3 is 2.60 bits per heavy atom. The second-order valence-corrected chi connectivity index (χ2v) is 8.55. The monoisotopic (exact) mass is 440 g/mol. The van der Waals surface area contributed by atoms with Gasteiger partial charge in [-0.3, -0.25) is 4.79 Å². The first kappa shape index (κ1) is 21.0. The highest BCUT2D eigenvalue weighted by Gasteiger charge is 2.32. The van der Waals surface area contributed by atoms with E-state index in [9.17, 15) is 18.0 Å². The summed E-state index contributed by atoms with van der Waals surface area (Å²) in [5, 5.41) is 15.0. The number of hydrogen-bond acceptors (Lipinski definition) is 6. The predicted molar refractivity (Wildman–Crippen MR) is 108 cm³/mol. The van der Waals surface area contributed by atoms with E-state index < -0.39 is 11.7 Å². The molecular weight excluding hydrogens is 417 g/mol. The van der Waals surface area contributed by atoms with E-state index >= 15 is 0 Å². The van der Waals surface area contributed by atoms with Crippen molar-refractivity contribution in [3.05, 3.63) is 23.8 Å². The molecule has 1 N–H and O–H groups in total. The number of carbonyl (C=O) groups is 1. The molecule has 0 radical (unpaired) electrons. The van der Waals surface area contributed by atoms with E-state index in [1.807, 2.05) is 4.90 Å². The Hall–Kier alpha value is -2.30. The number of carbonyl (C=O) groups excluding carboxylic acids is 1. The highest BCUT2D eigenvalue weighted by molar-refractivity contribution is 7.99. The summed E-state index contributed by atoms with van der Waals surface area (Å²) in [5.41, 5.74) is 0.0286. The zero-order valence-electron chi connectivity index (χ0n) is 16.4. The van der Waals surface area contributed by atoms with E-state index in [1.165, 1.54) is 17.8 Å². The number of rotatable bonds is 6. The molecule has 1 aromatic carbocycles. The molecule has 4 rings (SSSR count). The van der Waals surface area contributed by atoms with E-state index in [0.29, 0.717) is 10.8 Å². The van der Waals surface area contributed by atoms with Gasteiger partial charge in [0.2, 0.25) is 11.1 Å². The van der Waals surface area contributed by atoms with Crippen molar-refractivity contribution in [3.63, 3.8) is 0 Å². The summed E-state index contributed by atoms with van der Waals surface area (Å²) in [6.45, 7) is 1.53. The van der Waals surface area contributed by atoms with Gasteiger partial charge in [-0.25, -0.2) is 4.68 Å². The Bertz CT molecular complexity index is 891. The van der Waals surface area contributed by atoms with Crippen molar-refractivity contribution in [2.24, 2.45) is 0 Å². The Labute approximate surface area is 176 Å². The van der Waals surface area contributed by atoms with Crippen LogP contribution in [0.1, 0.15) is 50.1 Å². The van der Waals surface area contributed by atoms with E-state index in [4.69, 9.17) is 0 Å². The van der Waals surface area contributed by atoms with E-state index in [2.05, 4.69) is 20.8 Å². The third-order valence-electron chi connectivity index (χ3n) is 5.51. The highest BCUT2D eigenvalue weighted by Crippen LogP contribution is 2.37. The maximum absolute atomic E-state index is 13.2. The molecular formula is C19H23F3N6OS. The van der Waals surface area contributed by atoms with Gasteiger partial charge in [0.15, 0.2) is 0 Å². The Morgan fingerprint density at radius 2 is 1.90 bits per heavy atom. The number of anilines is 2. The topological polar surface area (TPSA) is 75.9 Å². The Kier molecular flexibility index (Phi) is 6.16. The fraction of sp³-hybridized carbons (Fsp3) is 0.579. The standard InChI is InChI=1S/C19H23F3N6OS/c20-19(21,22)13-7-8-16(27-9-3-4-10-27)15(11-13)23-17(29)12-30-18-24-25-26-28(18)14-5-1-2-6-14/h7-8,11,14H,1-6,9-10,12H2,(H,23,29). The van der Waals surface area contributed by atoms with Gasteiger partial charge < -0.3 is 10.2 Å². The quantitative estimate of drug-likeness (QED) is 0.681.